The number of imidazole rings is 2. The molecular formula is C76H72N12O12. The minimum absolute atomic E-state index is 0.0692. The predicted molar refractivity (Wildman–Crippen MR) is 367 cm³/mol. The van der Waals surface area contributed by atoms with Crippen molar-refractivity contribution < 1.29 is 46.9 Å². The van der Waals surface area contributed by atoms with E-state index in [1.807, 2.05) is 164 Å². The summed E-state index contributed by atoms with van der Waals surface area (Å²) < 4.78 is 36.0. The molecule has 0 atom stereocenters. The number of aryl methyl sites for hydroxylation is 3. The fraction of sp³-hybridized carbons (Fsp3) is 0.237. The Labute approximate surface area is 573 Å². The molecule has 0 aliphatic heterocycles. The van der Waals surface area contributed by atoms with E-state index >= 15 is 0 Å². The molecule has 3 N–H and O–H groups in total. The van der Waals surface area contributed by atoms with Crippen molar-refractivity contribution in [3.63, 3.8) is 0 Å². The summed E-state index contributed by atoms with van der Waals surface area (Å²) in [6, 6.07) is 62.7. The fourth-order valence-electron chi connectivity index (χ4n) is 12.2. The van der Waals surface area contributed by atoms with E-state index in [0.717, 1.165) is 80.3 Å². The first-order valence-electron chi connectivity index (χ1n) is 32.6. The van der Waals surface area contributed by atoms with Gasteiger partial charge >= 0.3 is 23.6 Å². The molecule has 0 saturated carbocycles. The SMILES string of the molecule is CCCc1nc(C(C)(C)O)c(C(=O)OCc2coc(=O)o2)n1Cc1ccc(-c2ccccc2-c2nn[nH]n2)cc1.CCCc1nc(C(C)(C)O)c(C(=O)OCc2oc(=O)oc2C)n1Cc1ccc(-c2ccccc2-c2nnnn2C(c2ccccc2)(c2ccccc2)c2ccccc2)cc1. The van der Waals surface area contributed by atoms with Crippen LogP contribution >= 0.6 is 0 Å². The van der Waals surface area contributed by atoms with Gasteiger partial charge in [-0.2, -0.15) is 5.21 Å². The summed E-state index contributed by atoms with van der Waals surface area (Å²) in [7, 11) is 0. The van der Waals surface area contributed by atoms with Crippen LogP contribution in [0.2, 0.25) is 0 Å². The number of ether oxygens (including phenoxy) is 2. The van der Waals surface area contributed by atoms with Gasteiger partial charge in [-0.05, 0) is 113 Å². The van der Waals surface area contributed by atoms with Gasteiger partial charge in [0.2, 0.25) is 5.82 Å². The Kier molecular flexibility index (Phi) is 19.9. The highest BCUT2D eigenvalue weighted by atomic mass is 16.6. The number of benzene rings is 7. The van der Waals surface area contributed by atoms with Gasteiger partial charge in [-0.1, -0.05) is 202 Å². The summed E-state index contributed by atoms with van der Waals surface area (Å²) >= 11 is 0. The van der Waals surface area contributed by atoms with Gasteiger partial charge in [0.05, 0.1) is 0 Å². The van der Waals surface area contributed by atoms with E-state index in [2.05, 4.69) is 77.7 Å². The van der Waals surface area contributed by atoms with Crippen molar-refractivity contribution in [1.29, 1.82) is 0 Å². The number of nitrogens with one attached hydrogen (secondary N) is 1. The molecule has 0 bridgehead atoms. The number of rotatable bonds is 24. The minimum Gasteiger partial charge on any atom is -0.453 e. The lowest BCUT2D eigenvalue weighted by Crippen LogP contribution is -2.39. The first-order valence-corrected chi connectivity index (χ1v) is 32.6. The number of H-pyrrole nitrogens is 1. The van der Waals surface area contributed by atoms with Gasteiger partial charge in [-0.25, -0.2) is 33.8 Å². The second kappa shape index (κ2) is 29.4. The molecule has 6 aromatic heterocycles. The van der Waals surface area contributed by atoms with Crippen LogP contribution in [0.1, 0.15) is 143 Å². The quantitative estimate of drug-likeness (QED) is 0.0374. The van der Waals surface area contributed by atoms with E-state index < -0.39 is 40.3 Å². The van der Waals surface area contributed by atoms with Crippen molar-refractivity contribution in [1.82, 2.24) is 59.9 Å². The lowest BCUT2D eigenvalue weighted by atomic mass is 9.77. The molecule has 0 saturated heterocycles. The van der Waals surface area contributed by atoms with Gasteiger partial charge in [-0.15, -0.1) is 15.3 Å². The van der Waals surface area contributed by atoms with E-state index in [0.29, 0.717) is 42.7 Å². The molecule has 7 aromatic carbocycles. The highest BCUT2D eigenvalue weighted by molar-refractivity contribution is 5.90. The van der Waals surface area contributed by atoms with Crippen molar-refractivity contribution in [3.05, 3.63) is 295 Å². The monoisotopic (exact) mass is 1340 g/mol. The van der Waals surface area contributed by atoms with Gasteiger partial charge < -0.3 is 46.5 Å². The molecule has 13 rings (SSSR count). The minimum atomic E-state index is -1.46. The van der Waals surface area contributed by atoms with E-state index in [1.165, 1.54) is 0 Å². The lowest BCUT2D eigenvalue weighted by Gasteiger charge is -2.36. The molecule has 0 radical (unpaired) electrons. The largest absolute Gasteiger partial charge is 0.519 e. The molecule has 24 heteroatoms. The topological polar surface area (TPSA) is 313 Å². The van der Waals surface area contributed by atoms with Crippen molar-refractivity contribution in [3.8, 4) is 45.0 Å². The number of carbonyl (C=O) groups excluding carboxylic acids is 2. The van der Waals surface area contributed by atoms with Crippen LogP contribution < -0.4 is 11.6 Å². The van der Waals surface area contributed by atoms with E-state index in [9.17, 15) is 29.4 Å². The molecule has 24 nitrogen and oxygen atoms in total. The number of aromatic amines is 1. The molecule has 0 aliphatic rings. The van der Waals surface area contributed by atoms with E-state index in [-0.39, 0.29) is 59.8 Å². The second-order valence-electron chi connectivity index (χ2n) is 24.8. The Morgan fingerprint density at radius 3 is 1.43 bits per heavy atom. The maximum atomic E-state index is 13.8. The van der Waals surface area contributed by atoms with Gasteiger partial charge in [0.1, 0.15) is 46.0 Å². The Morgan fingerprint density at radius 2 is 1.00 bits per heavy atom. The van der Waals surface area contributed by atoms with Crippen molar-refractivity contribution in [2.45, 2.75) is 117 Å². The zero-order valence-electron chi connectivity index (χ0n) is 56.0. The second-order valence-corrected chi connectivity index (χ2v) is 24.8. The third-order valence-electron chi connectivity index (χ3n) is 16.9. The molecule has 508 valence electrons. The zero-order chi connectivity index (χ0) is 70.1. The Balaban J connectivity index is 0.000000206. The number of aromatic nitrogens is 12. The van der Waals surface area contributed by atoms with Crippen molar-refractivity contribution >= 4 is 11.9 Å². The third kappa shape index (κ3) is 14.4. The summed E-state index contributed by atoms with van der Waals surface area (Å²) in [4.78, 5) is 59.4. The number of hydrogen-bond donors (Lipinski definition) is 3. The first-order chi connectivity index (χ1) is 48.3. The molecule has 0 aliphatic carbocycles. The number of esters is 2. The predicted octanol–water partition coefficient (Wildman–Crippen LogP) is 12.3. The normalized spacial score (nSPS) is 11.7. The van der Waals surface area contributed by atoms with E-state index in [4.69, 9.17) is 38.0 Å². The molecule has 0 spiro atoms. The molecule has 13 aromatic rings. The van der Waals surface area contributed by atoms with Crippen LogP contribution in [-0.2, 0) is 65.4 Å². The number of tetrazole rings is 2. The standard InChI is InChI=1S/C48H44N6O6.C28H28N6O6/c1-5-17-41-49-43(47(3,4)57)42(45(55)58-31-40-32(2)59-46(56)60-40)53(41)30-33-26-28-34(29-27-33)38-24-15-16-25-39(38)44-50-51-52-54(44)48(35-18-9-6-10-19-35,36-20-11-7-12-21-36)37-22-13-8-14-23-37;1-4-7-22-29-24(28(2,3)37)23(26(35)38-15-19-16-39-27(36)40-19)34(22)14-17-10-12-18(13-11-17)20-8-5-6-9-21(20)25-30-32-33-31-25/h6-16,18-29,57H,5,17,30-31H2,1-4H3;5-6,8-13,16,37H,4,7,14-15H2,1-3H3,(H,30,31,32,33). The van der Waals surface area contributed by atoms with Crippen molar-refractivity contribution in [2.75, 3.05) is 0 Å². The van der Waals surface area contributed by atoms with Gasteiger partial charge in [0.25, 0.3) is 0 Å². The average Bonchev–Trinajstić information content (AvgIpc) is 1.17. The van der Waals surface area contributed by atoms with Gasteiger partial charge in [-0.3, -0.25) is 0 Å². The smallest absolute Gasteiger partial charge is 0.453 e. The summed E-state index contributed by atoms with van der Waals surface area (Å²) in [5, 5.41) is 50.2. The van der Waals surface area contributed by atoms with Crippen LogP contribution in [-0.4, -0.2) is 82.1 Å². The van der Waals surface area contributed by atoms with Crippen LogP contribution in [0.5, 0.6) is 0 Å². The summed E-state index contributed by atoms with van der Waals surface area (Å²) in [6.45, 7) is 11.8. The Hall–Kier alpha value is -12.0. The number of nitrogens with zero attached hydrogens (tertiary/aromatic N) is 11. The highest BCUT2D eigenvalue weighted by Gasteiger charge is 2.42. The summed E-state index contributed by atoms with van der Waals surface area (Å²) in [5.74, 6) is -0.434. The third-order valence-corrected chi connectivity index (χ3v) is 16.9. The van der Waals surface area contributed by atoms with Crippen LogP contribution in [0.25, 0.3) is 45.0 Å². The summed E-state index contributed by atoms with van der Waals surface area (Å²) in [6.07, 6.45) is 3.77. The highest BCUT2D eigenvalue weighted by Crippen LogP contribution is 2.44. The Bertz CT molecular complexity index is 4960. The van der Waals surface area contributed by atoms with Crippen LogP contribution in [0.4, 0.5) is 0 Å². The number of aliphatic hydroxyl groups is 2. The van der Waals surface area contributed by atoms with Gasteiger partial charge in [0.15, 0.2) is 47.7 Å². The molecular weight excluding hydrogens is 1270 g/mol. The number of hydrogen-bond acceptors (Lipinski definition) is 20. The first kappa shape index (κ1) is 67.9. The van der Waals surface area contributed by atoms with Crippen LogP contribution in [0, 0.1) is 6.92 Å². The van der Waals surface area contributed by atoms with Crippen molar-refractivity contribution in [2.24, 2.45) is 0 Å². The van der Waals surface area contributed by atoms with Gasteiger partial charge in [0, 0.05) is 37.1 Å². The zero-order valence-corrected chi connectivity index (χ0v) is 56.0. The molecule has 0 unspecified atom stereocenters. The Morgan fingerprint density at radius 1 is 0.540 bits per heavy atom. The molecule has 100 heavy (non-hydrogen) atoms. The molecule has 0 fully saturated rings. The fourth-order valence-corrected chi connectivity index (χ4v) is 12.2. The number of carbonyl (C=O) groups is 2. The summed E-state index contributed by atoms with van der Waals surface area (Å²) in [5.41, 5.74) is 7.11. The molecule has 6 heterocycles. The van der Waals surface area contributed by atoms with E-state index in [1.54, 1.807) is 43.8 Å². The average molecular weight is 1350 g/mol. The maximum Gasteiger partial charge on any atom is 0.519 e. The van der Waals surface area contributed by atoms with Crippen LogP contribution in [0.3, 0.4) is 0 Å². The van der Waals surface area contributed by atoms with Crippen LogP contribution in [0.15, 0.2) is 222 Å². The molecule has 0 amide bonds. The maximum absolute atomic E-state index is 13.8. The lowest BCUT2D eigenvalue weighted by molar-refractivity contribution is 0.0391.